The molecule has 3 aliphatic heterocycles. The molecular weight excluding hydrogens is 288 g/mol. The van der Waals surface area contributed by atoms with E-state index in [1.165, 1.54) is 12.0 Å². The summed E-state index contributed by atoms with van der Waals surface area (Å²) in [6.45, 7) is 4.77. The van der Waals surface area contributed by atoms with Gasteiger partial charge >= 0.3 is 0 Å². The number of hydrogen-bond donors (Lipinski definition) is 1. The first kappa shape index (κ1) is 14.5. The molecule has 1 aromatic rings. The maximum absolute atomic E-state index is 12.4. The summed E-state index contributed by atoms with van der Waals surface area (Å²) in [6, 6.07) is 7.98. The molecule has 0 bridgehead atoms. The fourth-order valence-corrected chi connectivity index (χ4v) is 3.82. The predicted octanol–water partition coefficient (Wildman–Crippen LogP) is 3.05. The third kappa shape index (κ3) is 2.68. The van der Waals surface area contributed by atoms with E-state index in [1.807, 2.05) is 24.3 Å². The number of amides is 1. The summed E-state index contributed by atoms with van der Waals surface area (Å²) >= 11 is 0. The van der Waals surface area contributed by atoms with Crippen LogP contribution in [0.15, 0.2) is 47.7 Å². The summed E-state index contributed by atoms with van der Waals surface area (Å²) in [5.74, 6) is -0.0925. The fraction of sp³-hybridized carbons (Fsp3) is 0.421. The molecule has 120 valence electrons. The maximum atomic E-state index is 12.4. The Morgan fingerprint density at radius 1 is 1.35 bits per heavy atom. The van der Waals surface area contributed by atoms with Crippen LogP contribution >= 0.6 is 0 Å². The highest BCUT2D eigenvalue weighted by Gasteiger charge is 2.34. The van der Waals surface area contributed by atoms with Crippen LogP contribution in [0.3, 0.4) is 0 Å². The van der Waals surface area contributed by atoms with Crippen LogP contribution in [0.2, 0.25) is 0 Å². The molecule has 3 aliphatic rings. The molecule has 1 fully saturated rings. The number of nitrogens with zero attached hydrogens (tertiary/aromatic N) is 1. The van der Waals surface area contributed by atoms with Gasteiger partial charge in [0.25, 0.3) is 0 Å². The maximum Gasteiger partial charge on any atom is 0.236 e. The predicted molar refractivity (Wildman–Crippen MR) is 90.2 cm³/mol. The number of carbonyl (C=O) groups excluding carboxylic acids is 1. The Balaban J connectivity index is 1.53. The molecule has 0 aliphatic carbocycles. The third-order valence-corrected chi connectivity index (χ3v) is 4.94. The van der Waals surface area contributed by atoms with Crippen LogP contribution in [0.5, 0.6) is 0 Å². The Hall–Kier alpha value is -2.07. The van der Waals surface area contributed by atoms with Gasteiger partial charge < -0.3 is 15.0 Å². The second kappa shape index (κ2) is 5.85. The lowest BCUT2D eigenvalue weighted by atomic mass is 9.87. The van der Waals surface area contributed by atoms with Crippen molar-refractivity contribution in [1.29, 1.82) is 0 Å². The average molecular weight is 310 g/mol. The molecule has 2 unspecified atom stereocenters. The monoisotopic (exact) mass is 310 g/mol. The zero-order valence-electron chi connectivity index (χ0n) is 13.4. The van der Waals surface area contributed by atoms with Gasteiger partial charge in [-0.3, -0.25) is 4.79 Å². The number of carbonyl (C=O) groups is 1. The van der Waals surface area contributed by atoms with Gasteiger partial charge in [0.05, 0.1) is 12.0 Å². The SMILES string of the molecule is CC1=CN(CC2CCCO2)CC=C1C1C(=O)Nc2ccccc21. The lowest BCUT2D eigenvalue weighted by molar-refractivity contribution is -0.116. The quantitative estimate of drug-likeness (QED) is 0.933. The van der Waals surface area contributed by atoms with E-state index in [0.29, 0.717) is 6.10 Å². The van der Waals surface area contributed by atoms with Crippen molar-refractivity contribution >= 4 is 11.6 Å². The minimum Gasteiger partial charge on any atom is -0.376 e. The Bertz CT molecular complexity index is 686. The van der Waals surface area contributed by atoms with Gasteiger partial charge in [-0.15, -0.1) is 0 Å². The number of nitrogens with one attached hydrogen (secondary N) is 1. The van der Waals surface area contributed by atoms with E-state index >= 15 is 0 Å². The second-order valence-electron chi connectivity index (χ2n) is 6.57. The molecule has 0 saturated carbocycles. The molecular formula is C19H22N2O2. The topological polar surface area (TPSA) is 41.6 Å². The van der Waals surface area contributed by atoms with E-state index in [0.717, 1.165) is 42.9 Å². The Kier molecular flexibility index (Phi) is 3.69. The minimum absolute atomic E-state index is 0.0813. The Morgan fingerprint density at radius 2 is 2.22 bits per heavy atom. The van der Waals surface area contributed by atoms with E-state index in [9.17, 15) is 4.79 Å². The molecule has 1 saturated heterocycles. The number of fused-ring (bicyclic) bond motifs is 1. The highest BCUT2D eigenvalue weighted by molar-refractivity contribution is 6.05. The van der Waals surface area contributed by atoms with E-state index in [-0.39, 0.29) is 11.8 Å². The number of para-hydroxylation sites is 1. The highest BCUT2D eigenvalue weighted by Crippen LogP contribution is 2.40. The molecule has 1 amide bonds. The lowest BCUT2D eigenvalue weighted by Gasteiger charge is -2.29. The van der Waals surface area contributed by atoms with Crippen molar-refractivity contribution in [3.05, 3.63) is 53.3 Å². The van der Waals surface area contributed by atoms with Gasteiger partial charge in [-0.1, -0.05) is 24.3 Å². The minimum atomic E-state index is -0.174. The number of anilines is 1. The Morgan fingerprint density at radius 3 is 3.00 bits per heavy atom. The number of rotatable bonds is 3. The average Bonchev–Trinajstić information content (AvgIpc) is 3.15. The zero-order chi connectivity index (χ0) is 15.8. The molecule has 0 aromatic heterocycles. The van der Waals surface area contributed by atoms with Gasteiger partial charge in [-0.25, -0.2) is 0 Å². The molecule has 1 aromatic carbocycles. The fourth-order valence-electron chi connectivity index (χ4n) is 3.82. The Labute approximate surface area is 136 Å². The standard InChI is InChI=1S/C19H22N2O2/c1-13-11-21(12-14-5-4-10-23-14)9-8-15(13)18-16-6-2-3-7-17(16)20-19(18)22/h2-3,6-8,11,14,18H,4-5,9-10,12H2,1H3,(H,20,22). The smallest absolute Gasteiger partial charge is 0.236 e. The molecule has 4 heteroatoms. The molecule has 0 radical (unpaired) electrons. The van der Waals surface area contributed by atoms with Crippen LogP contribution in [-0.4, -0.2) is 36.6 Å². The van der Waals surface area contributed by atoms with Crippen molar-refractivity contribution < 1.29 is 9.53 Å². The lowest BCUT2D eigenvalue weighted by Crippen LogP contribution is -2.31. The first-order valence-electron chi connectivity index (χ1n) is 8.36. The van der Waals surface area contributed by atoms with Gasteiger partial charge in [0.15, 0.2) is 0 Å². The molecule has 1 N–H and O–H groups in total. The molecule has 4 nitrogen and oxygen atoms in total. The molecule has 23 heavy (non-hydrogen) atoms. The van der Waals surface area contributed by atoms with Crippen molar-refractivity contribution in [2.24, 2.45) is 0 Å². The largest absolute Gasteiger partial charge is 0.376 e. The summed E-state index contributed by atoms with van der Waals surface area (Å²) in [4.78, 5) is 14.7. The normalized spacial score (nSPS) is 26.7. The summed E-state index contributed by atoms with van der Waals surface area (Å²) in [5.41, 5.74) is 4.34. The van der Waals surface area contributed by atoms with E-state index in [2.05, 4.69) is 29.4 Å². The van der Waals surface area contributed by atoms with Crippen LogP contribution < -0.4 is 5.32 Å². The third-order valence-electron chi connectivity index (χ3n) is 4.94. The number of allylic oxidation sites excluding steroid dienone is 1. The van der Waals surface area contributed by atoms with Crippen molar-refractivity contribution in [3.63, 3.8) is 0 Å². The van der Waals surface area contributed by atoms with E-state index in [1.54, 1.807) is 0 Å². The summed E-state index contributed by atoms with van der Waals surface area (Å²) in [5, 5.41) is 2.99. The van der Waals surface area contributed by atoms with Gasteiger partial charge in [-0.2, -0.15) is 0 Å². The number of benzene rings is 1. The molecule has 0 spiro atoms. The van der Waals surface area contributed by atoms with E-state index in [4.69, 9.17) is 4.74 Å². The van der Waals surface area contributed by atoms with Crippen molar-refractivity contribution in [2.45, 2.75) is 31.8 Å². The highest BCUT2D eigenvalue weighted by atomic mass is 16.5. The van der Waals surface area contributed by atoms with Crippen LogP contribution in [0.25, 0.3) is 0 Å². The zero-order valence-corrected chi connectivity index (χ0v) is 13.4. The summed E-state index contributed by atoms with van der Waals surface area (Å²) in [6.07, 6.45) is 7.06. The summed E-state index contributed by atoms with van der Waals surface area (Å²) < 4.78 is 5.73. The van der Waals surface area contributed by atoms with Gasteiger partial charge in [0.1, 0.15) is 0 Å². The first-order valence-corrected chi connectivity index (χ1v) is 8.36. The van der Waals surface area contributed by atoms with Crippen molar-refractivity contribution in [1.82, 2.24) is 4.90 Å². The van der Waals surface area contributed by atoms with Crippen molar-refractivity contribution in [3.8, 4) is 0 Å². The van der Waals surface area contributed by atoms with Gasteiger partial charge in [0.2, 0.25) is 5.91 Å². The number of ether oxygens (including phenoxy) is 1. The van der Waals surface area contributed by atoms with Crippen LogP contribution in [0.1, 0.15) is 31.2 Å². The van der Waals surface area contributed by atoms with Crippen LogP contribution in [0, 0.1) is 0 Å². The second-order valence-corrected chi connectivity index (χ2v) is 6.57. The van der Waals surface area contributed by atoms with Gasteiger partial charge in [-0.05, 0) is 42.5 Å². The van der Waals surface area contributed by atoms with E-state index < -0.39 is 0 Å². The molecule has 3 heterocycles. The van der Waals surface area contributed by atoms with Gasteiger partial charge in [0, 0.05) is 31.6 Å². The molecule has 2 atom stereocenters. The van der Waals surface area contributed by atoms with Crippen molar-refractivity contribution in [2.75, 3.05) is 25.0 Å². The number of hydrogen-bond acceptors (Lipinski definition) is 3. The summed E-state index contributed by atoms with van der Waals surface area (Å²) in [7, 11) is 0. The molecule has 4 rings (SSSR count). The van der Waals surface area contributed by atoms with Crippen LogP contribution in [0.4, 0.5) is 5.69 Å². The first-order chi connectivity index (χ1) is 11.2. The van der Waals surface area contributed by atoms with Crippen LogP contribution in [-0.2, 0) is 9.53 Å².